The van der Waals surface area contributed by atoms with Gasteiger partial charge >= 0.3 is 6.09 Å². The Bertz CT molecular complexity index is 1650. The number of halogens is 2. The molecule has 0 spiro atoms. The van der Waals surface area contributed by atoms with E-state index in [9.17, 15) is 9.90 Å². The highest BCUT2D eigenvalue weighted by Gasteiger charge is 2.29. The first-order valence-electron chi connectivity index (χ1n) is 14.5. The molecule has 4 aromatic rings. The van der Waals surface area contributed by atoms with Crippen LogP contribution in [0.1, 0.15) is 33.6 Å². The third-order valence-corrected chi connectivity index (χ3v) is 7.78. The molecule has 1 fully saturated rings. The Morgan fingerprint density at radius 3 is 2.51 bits per heavy atom. The van der Waals surface area contributed by atoms with Crippen molar-refractivity contribution in [3.63, 3.8) is 0 Å². The summed E-state index contributed by atoms with van der Waals surface area (Å²) in [7, 11) is 1.87. The number of amides is 1. The number of hydrogen-bond acceptors (Lipinski definition) is 8. The van der Waals surface area contributed by atoms with Crippen LogP contribution in [0.3, 0.4) is 0 Å². The maximum Gasteiger partial charge on any atom is 0.410 e. The van der Waals surface area contributed by atoms with Crippen molar-refractivity contribution < 1.29 is 19.0 Å². The third kappa shape index (κ3) is 6.55. The van der Waals surface area contributed by atoms with E-state index in [0.717, 1.165) is 23.6 Å². The molecule has 0 radical (unpaired) electrons. The number of anilines is 2. The summed E-state index contributed by atoms with van der Waals surface area (Å²) in [6.07, 6.45) is 1.31. The molecule has 11 heteroatoms. The van der Waals surface area contributed by atoms with Gasteiger partial charge in [-0.25, -0.2) is 14.2 Å². The zero-order valence-corrected chi connectivity index (χ0v) is 25.8. The second-order valence-corrected chi connectivity index (χ2v) is 12.3. The molecule has 3 N–H and O–H groups in total. The van der Waals surface area contributed by atoms with E-state index in [1.165, 1.54) is 6.07 Å². The van der Waals surface area contributed by atoms with E-state index in [2.05, 4.69) is 0 Å². The van der Waals surface area contributed by atoms with Crippen molar-refractivity contribution in [1.29, 1.82) is 0 Å². The largest absolute Gasteiger partial charge is 0.508 e. The van der Waals surface area contributed by atoms with Crippen molar-refractivity contribution in [3.8, 4) is 16.9 Å². The number of unbranched alkanes of at least 4 members (excludes halogenated alkanes) is 1. The number of fused-ring (bicyclic) bond motifs is 2. The molecule has 228 valence electrons. The highest BCUT2D eigenvalue weighted by Crippen LogP contribution is 2.42. The van der Waals surface area contributed by atoms with Crippen LogP contribution in [0.15, 0.2) is 42.5 Å². The first kappa shape index (κ1) is 30.6. The molecule has 1 aliphatic heterocycles. The Labute approximate surface area is 256 Å². The number of carbonyl (C=O) groups excluding carboxylic acids is 1. The number of benzene rings is 3. The number of rotatable bonds is 7. The van der Waals surface area contributed by atoms with E-state index in [1.54, 1.807) is 17.0 Å². The lowest BCUT2D eigenvalue weighted by Gasteiger charge is -2.36. The summed E-state index contributed by atoms with van der Waals surface area (Å²) in [5, 5.41) is 12.6. The van der Waals surface area contributed by atoms with E-state index < -0.39 is 11.4 Å². The van der Waals surface area contributed by atoms with E-state index in [1.807, 2.05) is 61.9 Å². The molecule has 0 aliphatic carbocycles. The average molecular weight is 609 g/mol. The number of aromatic hydroxyl groups is 1. The van der Waals surface area contributed by atoms with Gasteiger partial charge in [0, 0.05) is 50.7 Å². The molecular weight excluding hydrogens is 571 g/mol. The number of piperazine rings is 1. The fraction of sp³-hybridized carbons (Fsp3) is 0.406. The van der Waals surface area contributed by atoms with E-state index >= 15 is 4.39 Å². The van der Waals surface area contributed by atoms with Gasteiger partial charge in [0.05, 0.1) is 5.02 Å². The highest BCUT2D eigenvalue weighted by molar-refractivity contribution is 6.35. The monoisotopic (exact) mass is 608 g/mol. The molecule has 1 amide bonds. The Kier molecular flexibility index (Phi) is 8.80. The minimum absolute atomic E-state index is 0.0100. The first-order chi connectivity index (χ1) is 20.5. The van der Waals surface area contributed by atoms with E-state index in [0.29, 0.717) is 62.0 Å². The summed E-state index contributed by atoms with van der Waals surface area (Å²) in [6.45, 7) is 8.53. The van der Waals surface area contributed by atoms with Crippen molar-refractivity contribution in [2.45, 2.75) is 39.2 Å². The maximum atomic E-state index is 16.7. The molecule has 43 heavy (non-hydrogen) atoms. The van der Waals surface area contributed by atoms with Gasteiger partial charge < -0.3 is 30.3 Å². The van der Waals surface area contributed by atoms with Crippen LogP contribution in [0.2, 0.25) is 5.02 Å². The Morgan fingerprint density at radius 2 is 1.81 bits per heavy atom. The number of ether oxygens (including phenoxy) is 1. The van der Waals surface area contributed by atoms with Crippen molar-refractivity contribution in [2.24, 2.45) is 5.73 Å². The van der Waals surface area contributed by atoms with Gasteiger partial charge in [-0.05, 0) is 74.7 Å². The van der Waals surface area contributed by atoms with Gasteiger partial charge in [0.1, 0.15) is 22.7 Å². The van der Waals surface area contributed by atoms with Crippen LogP contribution in [0.4, 0.5) is 21.0 Å². The summed E-state index contributed by atoms with van der Waals surface area (Å²) < 4.78 is 22.3. The van der Waals surface area contributed by atoms with Crippen molar-refractivity contribution >= 4 is 51.1 Å². The predicted molar refractivity (Wildman–Crippen MR) is 171 cm³/mol. The van der Waals surface area contributed by atoms with Crippen LogP contribution >= 0.6 is 11.6 Å². The van der Waals surface area contributed by atoms with Crippen molar-refractivity contribution in [2.75, 3.05) is 56.1 Å². The quantitative estimate of drug-likeness (QED) is 0.240. The molecule has 2 heterocycles. The fourth-order valence-electron chi connectivity index (χ4n) is 5.35. The topological polar surface area (TPSA) is 108 Å². The van der Waals surface area contributed by atoms with E-state index in [4.69, 9.17) is 32.0 Å². The number of aromatic nitrogens is 2. The number of hydrogen-bond donors (Lipinski definition) is 2. The number of carbonyl (C=O) groups is 1. The molecule has 0 unspecified atom stereocenters. The summed E-state index contributed by atoms with van der Waals surface area (Å²) in [5.41, 5.74) is 5.88. The van der Waals surface area contributed by atoms with Crippen LogP contribution in [0.5, 0.6) is 5.75 Å². The van der Waals surface area contributed by atoms with E-state index in [-0.39, 0.29) is 27.9 Å². The second kappa shape index (κ2) is 12.4. The first-order valence-corrected chi connectivity index (χ1v) is 14.9. The fourth-order valence-corrected chi connectivity index (χ4v) is 5.64. The molecule has 1 saturated heterocycles. The summed E-state index contributed by atoms with van der Waals surface area (Å²) >= 11 is 6.83. The van der Waals surface area contributed by atoms with Gasteiger partial charge in [0.15, 0.2) is 5.82 Å². The molecule has 3 aromatic carbocycles. The molecular formula is C32H38ClFN6O3. The lowest BCUT2D eigenvalue weighted by atomic mass is 9.96. The van der Waals surface area contributed by atoms with Gasteiger partial charge in [-0.3, -0.25) is 0 Å². The van der Waals surface area contributed by atoms with Gasteiger partial charge in [0.25, 0.3) is 0 Å². The zero-order chi connectivity index (χ0) is 30.9. The van der Waals surface area contributed by atoms with Crippen LogP contribution in [-0.4, -0.2) is 78.0 Å². The van der Waals surface area contributed by atoms with Crippen LogP contribution < -0.4 is 15.5 Å². The SMILES string of the molecule is CN(CCCCN)c1nc(N2CCN(C(=O)OC(C)(C)C)CC2)c2cc(Cl)c(-c3cc(O)cc4ccccc34)c(F)c2n1. The minimum atomic E-state index is -0.592. The van der Waals surface area contributed by atoms with Gasteiger partial charge in [-0.1, -0.05) is 35.9 Å². The molecule has 1 aromatic heterocycles. The minimum Gasteiger partial charge on any atom is -0.508 e. The second-order valence-electron chi connectivity index (χ2n) is 11.9. The summed E-state index contributed by atoms with van der Waals surface area (Å²) in [5.74, 6) is 0.339. The molecule has 9 nitrogen and oxygen atoms in total. The summed E-state index contributed by atoms with van der Waals surface area (Å²) in [6, 6.07) is 12.3. The maximum absolute atomic E-state index is 16.7. The molecule has 0 bridgehead atoms. The third-order valence-electron chi connectivity index (χ3n) is 7.49. The lowest BCUT2D eigenvalue weighted by molar-refractivity contribution is 0.0240. The average Bonchev–Trinajstić information content (AvgIpc) is 2.96. The van der Waals surface area contributed by atoms with Gasteiger partial charge in [-0.15, -0.1) is 0 Å². The highest BCUT2D eigenvalue weighted by atomic mass is 35.5. The molecule has 5 rings (SSSR count). The standard InChI is InChI=1S/C32H38ClFN6O3/c1-32(2,3)43-31(42)40-15-13-39(14-16-40)29-24-19-25(33)26(23-18-21(41)17-20-9-5-6-10-22(20)23)27(34)28(24)36-30(37-29)38(4)12-8-7-11-35/h5-6,9-10,17-19,41H,7-8,11-16,35H2,1-4H3. The van der Waals surface area contributed by atoms with Crippen molar-refractivity contribution in [1.82, 2.24) is 14.9 Å². The number of nitrogens with two attached hydrogens (primary N) is 1. The smallest absolute Gasteiger partial charge is 0.410 e. The number of phenols is 1. The number of phenolic OH excluding ortho intramolecular Hbond substituents is 1. The lowest BCUT2D eigenvalue weighted by Crippen LogP contribution is -2.50. The van der Waals surface area contributed by atoms with Crippen LogP contribution in [0.25, 0.3) is 32.8 Å². The molecule has 0 atom stereocenters. The van der Waals surface area contributed by atoms with Gasteiger partial charge in [0.2, 0.25) is 5.95 Å². The van der Waals surface area contributed by atoms with Crippen molar-refractivity contribution in [3.05, 3.63) is 53.3 Å². The zero-order valence-electron chi connectivity index (χ0n) is 25.0. The predicted octanol–water partition coefficient (Wildman–Crippen LogP) is 6.18. The normalized spacial score (nSPS) is 14.0. The molecule has 0 saturated carbocycles. The Hall–Kier alpha value is -3.89. The summed E-state index contributed by atoms with van der Waals surface area (Å²) in [4.78, 5) is 27.9. The Balaban J connectivity index is 1.60. The number of nitrogens with zero attached hydrogens (tertiary/aromatic N) is 5. The van der Waals surface area contributed by atoms with Gasteiger partial charge in [-0.2, -0.15) is 4.98 Å². The molecule has 1 aliphatic rings. The van der Waals surface area contributed by atoms with Crippen LogP contribution in [0, 0.1) is 5.82 Å². The van der Waals surface area contributed by atoms with Crippen LogP contribution in [-0.2, 0) is 4.74 Å². The Morgan fingerprint density at radius 1 is 1.09 bits per heavy atom.